The first-order valence-corrected chi connectivity index (χ1v) is 10.5. The van der Waals surface area contributed by atoms with Crippen molar-refractivity contribution >= 4 is 15.7 Å². The fourth-order valence-electron chi connectivity index (χ4n) is 4.77. The largest absolute Gasteiger partial charge is 0.339 e. The number of amides is 1. The third-order valence-corrected chi connectivity index (χ3v) is 8.33. The van der Waals surface area contributed by atoms with E-state index in [1.807, 2.05) is 0 Å². The van der Waals surface area contributed by atoms with Gasteiger partial charge in [0.2, 0.25) is 5.91 Å². The van der Waals surface area contributed by atoms with E-state index < -0.39 is 9.84 Å². The molecule has 1 aliphatic heterocycles. The molecule has 2 bridgehead atoms. The Hall–Kier alpha value is -0.620. The van der Waals surface area contributed by atoms with Gasteiger partial charge >= 0.3 is 0 Å². The number of piperazine rings is 1. The highest BCUT2D eigenvalue weighted by Crippen LogP contribution is 2.46. The van der Waals surface area contributed by atoms with Crippen LogP contribution in [0.15, 0.2) is 0 Å². The van der Waals surface area contributed by atoms with Crippen molar-refractivity contribution in [1.82, 2.24) is 9.80 Å². The monoisotopic (exact) mass is 326 g/mol. The van der Waals surface area contributed by atoms with Gasteiger partial charge in [-0.3, -0.25) is 9.69 Å². The fourth-order valence-corrected chi connectivity index (χ4v) is 6.39. The Morgan fingerprint density at radius 3 is 2.23 bits per heavy atom. The van der Waals surface area contributed by atoms with Crippen LogP contribution in [-0.2, 0) is 14.6 Å². The van der Waals surface area contributed by atoms with Crippen molar-refractivity contribution in [1.29, 1.82) is 0 Å². The summed E-state index contributed by atoms with van der Waals surface area (Å²) in [6, 6.07) is 0.728. The van der Waals surface area contributed by atoms with Gasteiger partial charge in [-0.1, -0.05) is 6.42 Å². The lowest BCUT2D eigenvalue weighted by atomic mass is 9.93. The van der Waals surface area contributed by atoms with Crippen LogP contribution in [0.4, 0.5) is 0 Å². The summed E-state index contributed by atoms with van der Waals surface area (Å²) in [4.78, 5) is 16.6. The van der Waals surface area contributed by atoms with Crippen LogP contribution in [0, 0.1) is 11.8 Å². The summed E-state index contributed by atoms with van der Waals surface area (Å²) < 4.78 is 23.9. The van der Waals surface area contributed by atoms with E-state index in [2.05, 4.69) is 4.90 Å². The average Bonchev–Trinajstić information content (AvgIpc) is 3.17. The van der Waals surface area contributed by atoms with Crippen LogP contribution in [0.5, 0.6) is 0 Å². The first kappa shape index (κ1) is 14.9. The highest BCUT2D eigenvalue weighted by atomic mass is 32.2. The average molecular weight is 326 g/mol. The minimum Gasteiger partial charge on any atom is -0.339 e. The van der Waals surface area contributed by atoms with Crippen molar-refractivity contribution in [3.8, 4) is 0 Å². The van der Waals surface area contributed by atoms with E-state index in [4.69, 9.17) is 0 Å². The molecule has 4 rings (SSSR count). The zero-order valence-corrected chi connectivity index (χ0v) is 13.9. The van der Waals surface area contributed by atoms with Gasteiger partial charge in [0, 0.05) is 32.2 Å². The highest BCUT2D eigenvalue weighted by molar-refractivity contribution is 7.93. The third kappa shape index (κ3) is 2.80. The molecule has 0 N–H and O–H groups in total. The van der Waals surface area contributed by atoms with Gasteiger partial charge in [-0.15, -0.1) is 0 Å². The van der Waals surface area contributed by atoms with E-state index in [0.717, 1.165) is 43.8 Å². The summed E-state index contributed by atoms with van der Waals surface area (Å²) in [6.45, 7) is 3.24. The van der Waals surface area contributed by atoms with Gasteiger partial charge < -0.3 is 4.90 Å². The summed E-state index contributed by atoms with van der Waals surface area (Å²) in [5.74, 6) is 1.37. The molecule has 1 heterocycles. The lowest BCUT2D eigenvalue weighted by Gasteiger charge is -2.41. The molecule has 4 aliphatic rings. The van der Waals surface area contributed by atoms with E-state index in [9.17, 15) is 13.2 Å². The van der Waals surface area contributed by atoms with Crippen LogP contribution in [-0.4, -0.2) is 67.3 Å². The predicted octanol–water partition coefficient (Wildman–Crippen LogP) is 0.896. The lowest BCUT2D eigenvalue weighted by Crippen LogP contribution is -2.54. The van der Waals surface area contributed by atoms with Crippen LogP contribution < -0.4 is 0 Å². The van der Waals surface area contributed by atoms with Crippen LogP contribution >= 0.6 is 0 Å². The van der Waals surface area contributed by atoms with Crippen molar-refractivity contribution in [2.24, 2.45) is 11.8 Å². The Balaban J connectivity index is 1.29. The molecule has 0 aromatic heterocycles. The second-order valence-corrected chi connectivity index (χ2v) is 9.95. The standard InChI is InChI=1S/C16H26N2O3S/c19-16(11-22(20,21)14-3-4-14)18-7-5-17(6-8-18)15-10-12-1-2-13(15)9-12/h12-15H,1-11H2. The van der Waals surface area contributed by atoms with E-state index in [1.54, 1.807) is 4.90 Å². The Kier molecular flexibility index (Phi) is 3.72. The Morgan fingerprint density at radius 1 is 0.955 bits per heavy atom. The van der Waals surface area contributed by atoms with Gasteiger partial charge in [0.15, 0.2) is 9.84 Å². The Bertz CT molecular complexity index is 550. The molecule has 3 atom stereocenters. The molecule has 6 heteroatoms. The molecule has 0 spiro atoms. The van der Waals surface area contributed by atoms with Gasteiger partial charge in [0.05, 0.1) is 5.25 Å². The minimum atomic E-state index is -3.18. The number of hydrogen-bond donors (Lipinski definition) is 0. The Morgan fingerprint density at radius 2 is 1.68 bits per heavy atom. The summed E-state index contributed by atoms with van der Waals surface area (Å²) in [5.41, 5.74) is 0. The molecule has 3 saturated carbocycles. The topological polar surface area (TPSA) is 57.7 Å². The van der Waals surface area contributed by atoms with Crippen LogP contribution in [0.1, 0.15) is 38.5 Å². The maximum Gasteiger partial charge on any atom is 0.237 e. The summed E-state index contributed by atoms with van der Waals surface area (Å²) in [7, 11) is -3.18. The molecule has 0 radical (unpaired) electrons. The molecule has 1 amide bonds. The second-order valence-electron chi connectivity index (χ2n) is 7.67. The number of fused-ring (bicyclic) bond motifs is 2. The second kappa shape index (κ2) is 5.48. The third-order valence-electron chi connectivity index (χ3n) is 6.19. The van der Waals surface area contributed by atoms with Crippen LogP contribution in [0.2, 0.25) is 0 Å². The number of sulfone groups is 1. The number of rotatable bonds is 4. The predicted molar refractivity (Wildman–Crippen MR) is 84.2 cm³/mol. The molecule has 0 aromatic rings. The quantitative estimate of drug-likeness (QED) is 0.770. The smallest absolute Gasteiger partial charge is 0.237 e. The molecular weight excluding hydrogens is 300 g/mol. The summed E-state index contributed by atoms with van der Waals surface area (Å²) in [6.07, 6.45) is 7.03. The van der Waals surface area contributed by atoms with E-state index >= 15 is 0 Å². The van der Waals surface area contributed by atoms with Crippen molar-refractivity contribution in [3.05, 3.63) is 0 Å². The van der Waals surface area contributed by atoms with Gasteiger partial charge in [0.1, 0.15) is 5.75 Å². The first-order chi connectivity index (χ1) is 10.5. The normalized spacial score (nSPS) is 36.0. The zero-order valence-electron chi connectivity index (χ0n) is 13.1. The van der Waals surface area contributed by atoms with Gasteiger partial charge in [0.25, 0.3) is 0 Å². The highest BCUT2D eigenvalue weighted by Gasteiger charge is 2.43. The molecule has 124 valence electrons. The van der Waals surface area contributed by atoms with Crippen LogP contribution in [0.25, 0.3) is 0 Å². The molecule has 22 heavy (non-hydrogen) atoms. The van der Waals surface area contributed by atoms with Gasteiger partial charge in [-0.2, -0.15) is 0 Å². The SMILES string of the molecule is O=C(CS(=O)(=O)C1CC1)N1CCN(C2CC3CCC2C3)CC1. The number of carbonyl (C=O) groups excluding carboxylic acids is 1. The first-order valence-electron chi connectivity index (χ1n) is 8.76. The van der Waals surface area contributed by atoms with Gasteiger partial charge in [-0.05, 0) is 43.9 Å². The molecule has 3 aliphatic carbocycles. The molecule has 3 unspecified atom stereocenters. The van der Waals surface area contributed by atoms with Gasteiger partial charge in [-0.25, -0.2) is 8.42 Å². The molecule has 5 nitrogen and oxygen atoms in total. The van der Waals surface area contributed by atoms with Crippen molar-refractivity contribution in [2.75, 3.05) is 31.9 Å². The van der Waals surface area contributed by atoms with E-state index in [-0.39, 0.29) is 16.9 Å². The van der Waals surface area contributed by atoms with Crippen molar-refractivity contribution < 1.29 is 13.2 Å². The van der Waals surface area contributed by atoms with Crippen LogP contribution in [0.3, 0.4) is 0 Å². The van der Waals surface area contributed by atoms with E-state index in [0.29, 0.717) is 13.1 Å². The molecule has 4 fully saturated rings. The fraction of sp³-hybridized carbons (Fsp3) is 0.938. The number of hydrogen-bond acceptors (Lipinski definition) is 4. The molecule has 0 aromatic carbocycles. The van der Waals surface area contributed by atoms with Crippen molar-refractivity contribution in [2.45, 2.75) is 49.8 Å². The minimum absolute atomic E-state index is 0.181. The number of nitrogens with zero attached hydrogens (tertiary/aromatic N) is 2. The Labute approximate surface area is 132 Å². The zero-order chi connectivity index (χ0) is 15.3. The van der Waals surface area contributed by atoms with Crippen molar-refractivity contribution in [3.63, 3.8) is 0 Å². The summed E-state index contributed by atoms with van der Waals surface area (Å²) in [5, 5.41) is -0.230. The lowest BCUT2D eigenvalue weighted by molar-refractivity contribution is -0.130. The summed E-state index contributed by atoms with van der Waals surface area (Å²) >= 11 is 0. The molecular formula is C16H26N2O3S. The number of carbonyl (C=O) groups is 1. The maximum atomic E-state index is 12.2. The molecule has 1 saturated heterocycles. The van der Waals surface area contributed by atoms with E-state index in [1.165, 1.54) is 25.7 Å². The maximum absolute atomic E-state index is 12.2.